The molecule has 2 aliphatic heterocycles. The fourth-order valence-electron chi connectivity index (χ4n) is 3.92. The number of carbonyl (C=O) groups excluding carboxylic acids is 2. The number of ether oxygens (including phenoxy) is 2. The first-order chi connectivity index (χ1) is 13.9. The number of cyclic esters (lactones) is 1. The third-order valence-corrected chi connectivity index (χ3v) is 5.98. The van der Waals surface area contributed by atoms with Gasteiger partial charge in [-0.25, -0.2) is 13.4 Å². The molecule has 2 saturated heterocycles. The Morgan fingerprint density at radius 1 is 1.27 bits per heavy atom. The number of alkyl halides is 1. The highest BCUT2D eigenvalue weighted by molar-refractivity contribution is 7.86. The number of anilines is 1. The smallest absolute Gasteiger partial charge is 0.415 e. The van der Waals surface area contributed by atoms with Crippen molar-refractivity contribution in [2.24, 2.45) is 0 Å². The van der Waals surface area contributed by atoms with Crippen LogP contribution in [0.1, 0.15) is 26.7 Å². The third-order valence-electron chi connectivity index (χ3n) is 5.36. The molecular formula is C19H25FN2O7S. The summed E-state index contributed by atoms with van der Waals surface area (Å²) in [7, 11) is -4.10. The van der Waals surface area contributed by atoms with Gasteiger partial charge in [-0.05, 0) is 12.1 Å². The summed E-state index contributed by atoms with van der Waals surface area (Å²) >= 11 is 0. The lowest BCUT2D eigenvalue weighted by Crippen LogP contribution is -2.61. The first kappa shape index (κ1) is 22.4. The van der Waals surface area contributed by atoms with Gasteiger partial charge in [0, 0.05) is 45.5 Å². The molecule has 166 valence electrons. The first-order valence-corrected chi connectivity index (χ1v) is 11.3. The van der Waals surface area contributed by atoms with E-state index in [4.69, 9.17) is 13.7 Å². The number of para-hydroxylation sites is 1. The fourth-order valence-corrected chi connectivity index (χ4v) is 4.68. The largest absolute Gasteiger partial charge is 0.445 e. The Morgan fingerprint density at radius 2 is 1.87 bits per heavy atom. The lowest BCUT2D eigenvalue weighted by molar-refractivity contribution is -0.247. The minimum atomic E-state index is -4.10. The highest BCUT2D eigenvalue weighted by Crippen LogP contribution is 2.42. The molecule has 2 atom stereocenters. The van der Waals surface area contributed by atoms with Crippen LogP contribution in [0.4, 0.5) is 14.9 Å². The van der Waals surface area contributed by atoms with Crippen molar-refractivity contribution in [3.63, 3.8) is 0 Å². The molecule has 0 spiro atoms. The molecule has 2 fully saturated rings. The second-order valence-corrected chi connectivity index (χ2v) is 9.17. The van der Waals surface area contributed by atoms with E-state index < -0.39 is 39.8 Å². The second-order valence-electron chi connectivity index (χ2n) is 7.59. The van der Waals surface area contributed by atoms with Crippen LogP contribution in [0.15, 0.2) is 30.3 Å². The van der Waals surface area contributed by atoms with Gasteiger partial charge in [-0.2, -0.15) is 8.42 Å². The molecule has 0 aromatic heterocycles. The molecular weight excluding hydrogens is 419 g/mol. The molecule has 3 rings (SSSR count). The number of esters is 1. The summed E-state index contributed by atoms with van der Waals surface area (Å²) in [4.78, 5) is 27.1. The van der Waals surface area contributed by atoms with Gasteiger partial charge in [0.05, 0.1) is 6.26 Å². The molecule has 0 aliphatic carbocycles. The minimum Gasteiger partial charge on any atom is -0.445 e. The Balaban J connectivity index is 1.78. The van der Waals surface area contributed by atoms with E-state index >= 15 is 4.39 Å². The number of hydrogen-bond acceptors (Lipinski definition) is 8. The topological polar surface area (TPSA) is 102 Å². The molecule has 2 heterocycles. The second kappa shape index (κ2) is 8.12. The Kier molecular flexibility index (Phi) is 6.08. The number of carbonyl (C=O) groups is 2. The third kappa shape index (κ3) is 4.57. The minimum absolute atomic E-state index is 0.119. The maximum atomic E-state index is 15.9. The lowest BCUT2D eigenvalue weighted by atomic mass is 9.85. The van der Waals surface area contributed by atoms with Crippen LogP contribution >= 0.6 is 0 Å². The Labute approximate surface area is 174 Å². The van der Waals surface area contributed by atoms with Crippen molar-refractivity contribution in [2.75, 3.05) is 30.9 Å². The summed E-state index contributed by atoms with van der Waals surface area (Å²) in [5, 5.41) is 0. The molecule has 11 heteroatoms. The molecule has 0 bridgehead atoms. The van der Waals surface area contributed by atoms with Crippen LogP contribution < -0.4 is 4.90 Å². The van der Waals surface area contributed by atoms with Gasteiger partial charge in [-0.3, -0.25) is 14.6 Å². The highest BCUT2D eigenvalue weighted by Gasteiger charge is 2.57. The first-order valence-electron chi connectivity index (χ1n) is 9.48. The van der Waals surface area contributed by atoms with Gasteiger partial charge in [-0.1, -0.05) is 18.2 Å². The summed E-state index contributed by atoms with van der Waals surface area (Å²) in [6.07, 6.45) is -0.486. The average molecular weight is 444 g/mol. The van der Waals surface area contributed by atoms with Gasteiger partial charge in [0.15, 0.2) is 5.67 Å². The molecule has 9 nitrogen and oxygen atoms in total. The van der Waals surface area contributed by atoms with Gasteiger partial charge in [0.1, 0.15) is 12.8 Å². The SMILES string of the molecule is CC(=O)OC(C)(OS(C)(=O)=O)C1(F)CCN(C2COC(=O)N2c2ccccc2)CC1. The molecule has 0 radical (unpaired) electrons. The van der Waals surface area contributed by atoms with Gasteiger partial charge in [0.25, 0.3) is 15.9 Å². The van der Waals surface area contributed by atoms with E-state index in [0.29, 0.717) is 5.69 Å². The van der Waals surface area contributed by atoms with Gasteiger partial charge in [0.2, 0.25) is 0 Å². The normalized spacial score (nSPS) is 24.2. The number of likely N-dealkylation sites (tertiary alicyclic amines) is 1. The van der Waals surface area contributed by atoms with E-state index in [1.807, 2.05) is 11.0 Å². The zero-order valence-electron chi connectivity index (χ0n) is 17.0. The number of nitrogens with zero attached hydrogens (tertiary/aromatic N) is 2. The zero-order valence-corrected chi connectivity index (χ0v) is 17.9. The van der Waals surface area contributed by atoms with Crippen molar-refractivity contribution in [1.82, 2.24) is 4.90 Å². The molecule has 0 N–H and O–H groups in total. The maximum Gasteiger partial charge on any atom is 0.415 e. The maximum absolute atomic E-state index is 15.9. The number of rotatable bonds is 6. The van der Waals surface area contributed by atoms with Crippen molar-refractivity contribution in [1.29, 1.82) is 0 Å². The van der Waals surface area contributed by atoms with Crippen molar-refractivity contribution in [2.45, 2.75) is 44.3 Å². The van der Waals surface area contributed by atoms with Crippen molar-refractivity contribution >= 4 is 27.9 Å². The quantitative estimate of drug-likeness (QED) is 0.373. The van der Waals surface area contributed by atoms with E-state index in [-0.39, 0.29) is 32.5 Å². The van der Waals surface area contributed by atoms with Crippen LogP contribution in [0, 0.1) is 0 Å². The molecule has 0 saturated carbocycles. The Bertz CT molecular complexity index is 903. The van der Waals surface area contributed by atoms with Crippen LogP contribution in [-0.2, 0) is 28.6 Å². The predicted octanol–water partition coefficient (Wildman–Crippen LogP) is 2.03. The predicted molar refractivity (Wildman–Crippen MR) is 105 cm³/mol. The van der Waals surface area contributed by atoms with Crippen LogP contribution in [0.3, 0.4) is 0 Å². The molecule has 2 aliphatic rings. The average Bonchev–Trinajstić information content (AvgIpc) is 3.02. The number of halogens is 1. The van der Waals surface area contributed by atoms with Crippen LogP contribution in [-0.4, -0.2) is 69.0 Å². The van der Waals surface area contributed by atoms with Crippen LogP contribution in [0.25, 0.3) is 0 Å². The van der Waals surface area contributed by atoms with E-state index in [1.54, 1.807) is 24.3 Å². The molecule has 30 heavy (non-hydrogen) atoms. The number of piperidine rings is 1. The van der Waals surface area contributed by atoms with E-state index in [9.17, 15) is 18.0 Å². The van der Waals surface area contributed by atoms with Gasteiger partial charge >= 0.3 is 12.1 Å². The number of benzene rings is 1. The Hall–Kier alpha value is -2.24. The van der Waals surface area contributed by atoms with Crippen molar-refractivity contribution < 1.29 is 36.1 Å². The monoisotopic (exact) mass is 444 g/mol. The number of hydrogen-bond donors (Lipinski definition) is 0. The van der Waals surface area contributed by atoms with Gasteiger partial charge in [-0.15, -0.1) is 0 Å². The summed E-state index contributed by atoms with van der Waals surface area (Å²) < 4.78 is 54.3. The molecule has 1 aromatic rings. The van der Waals surface area contributed by atoms with Gasteiger partial charge < -0.3 is 9.47 Å². The lowest BCUT2D eigenvalue weighted by Gasteiger charge is -2.46. The molecule has 2 unspecified atom stereocenters. The molecule has 1 aromatic carbocycles. The molecule has 1 amide bonds. The van der Waals surface area contributed by atoms with Crippen LogP contribution in [0.2, 0.25) is 0 Å². The van der Waals surface area contributed by atoms with Crippen molar-refractivity contribution in [3.8, 4) is 0 Å². The Morgan fingerprint density at radius 3 is 2.40 bits per heavy atom. The number of amides is 1. The van der Waals surface area contributed by atoms with E-state index in [0.717, 1.165) is 20.1 Å². The summed E-state index contributed by atoms with van der Waals surface area (Å²) in [6.45, 7) is 2.63. The summed E-state index contributed by atoms with van der Waals surface area (Å²) in [6, 6.07) is 8.99. The zero-order chi connectivity index (χ0) is 22.2. The van der Waals surface area contributed by atoms with E-state index in [1.165, 1.54) is 4.90 Å². The van der Waals surface area contributed by atoms with Crippen molar-refractivity contribution in [3.05, 3.63) is 30.3 Å². The highest BCUT2D eigenvalue weighted by atomic mass is 32.2. The standard InChI is InChI=1S/C19H25FN2O7S/c1-14(23)28-18(2,29-30(3,25)26)19(20)9-11-21(12-10-19)16-13-27-17(24)22(16)15-7-5-4-6-8-15/h4-8,16H,9-13H2,1-3H3. The fraction of sp³-hybridized carbons (Fsp3) is 0.579. The van der Waals surface area contributed by atoms with E-state index in [2.05, 4.69) is 0 Å². The summed E-state index contributed by atoms with van der Waals surface area (Å²) in [5.74, 6) is -3.15. The van der Waals surface area contributed by atoms with Crippen LogP contribution in [0.5, 0.6) is 0 Å². The summed E-state index contributed by atoms with van der Waals surface area (Å²) in [5.41, 5.74) is -1.58.